The van der Waals surface area contributed by atoms with Crippen molar-refractivity contribution in [3.63, 3.8) is 0 Å². The smallest absolute Gasteiger partial charge is 0.493 e. The number of carbonyl (C=O) groups is 1. The highest BCUT2D eigenvalue weighted by Crippen LogP contribution is 2.53. The van der Waals surface area contributed by atoms with Crippen LogP contribution in [0.25, 0.3) is 11.1 Å². The summed E-state index contributed by atoms with van der Waals surface area (Å²) in [5.74, 6) is -0.602. The number of rotatable bonds is 6. The minimum absolute atomic E-state index is 0.126. The maximum absolute atomic E-state index is 13.2. The first kappa shape index (κ1) is 28.9. The minimum Gasteiger partial charge on any atom is -0.493 e. The van der Waals surface area contributed by atoms with Gasteiger partial charge in [0.05, 0.1) is 12.5 Å². The zero-order valence-electron chi connectivity index (χ0n) is 23.0. The van der Waals surface area contributed by atoms with Gasteiger partial charge in [0.15, 0.2) is 11.5 Å². The fourth-order valence-corrected chi connectivity index (χ4v) is 5.78. The van der Waals surface area contributed by atoms with E-state index in [2.05, 4.69) is 9.08 Å². The number of benzene rings is 3. The lowest BCUT2D eigenvalue weighted by molar-refractivity contribution is -0.143. The Balaban J connectivity index is 1.70. The molecule has 0 saturated heterocycles. The van der Waals surface area contributed by atoms with Crippen molar-refractivity contribution in [2.45, 2.75) is 51.7 Å². The van der Waals surface area contributed by atoms with Gasteiger partial charge in [-0.2, -0.15) is 21.6 Å². The van der Waals surface area contributed by atoms with E-state index < -0.39 is 32.8 Å². The molecule has 7 nitrogen and oxygen atoms in total. The molecule has 0 spiro atoms. The van der Waals surface area contributed by atoms with E-state index in [1.165, 1.54) is 19.2 Å². The molecule has 0 bridgehead atoms. The van der Waals surface area contributed by atoms with Gasteiger partial charge in [-0.05, 0) is 79.6 Å². The molecule has 0 fully saturated rings. The third kappa shape index (κ3) is 5.52. The summed E-state index contributed by atoms with van der Waals surface area (Å²) >= 11 is 0. The van der Waals surface area contributed by atoms with Crippen LogP contribution in [0, 0.1) is 5.41 Å². The predicted molar refractivity (Wildman–Crippen MR) is 146 cm³/mol. The van der Waals surface area contributed by atoms with Crippen LogP contribution in [-0.2, 0) is 34.3 Å². The molecule has 3 aromatic rings. The molecule has 0 unspecified atom stereocenters. The molecule has 0 saturated carbocycles. The second kappa shape index (κ2) is 10.4. The van der Waals surface area contributed by atoms with Gasteiger partial charge in [-0.15, -0.1) is 0 Å². The lowest BCUT2D eigenvalue weighted by Gasteiger charge is -2.42. The zero-order chi connectivity index (χ0) is 29.7. The van der Waals surface area contributed by atoms with E-state index in [-0.39, 0.29) is 17.5 Å². The Labute approximate surface area is 237 Å². The van der Waals surface area contributed by atoms with Gasteiger partial charge in [-0.3, -0.25) is 9.69 Å². The summed E-state index contributed by atoms with van der Waals surface area (Å²) in [6.07, 6.45) is 0.985. The molecule has 218 valence electrons. The summed E-state index contributed by atoms with van der Waals surface area (Å²) in [5.41, 5.74) is -2.16. The number of alkyl halides is 3. The number of hydrogen-bond acceptors (Lipinski definition) is 7. The Bertz CT molecular complexity index is 1600. The Morgan fingerprint density at radius 1 is 1.02 bits per heavy atom. The minimum atomic E-state index is -5.91. The van der Waals surface area contributed by atoms with Crippen LogP contribution in [0.5, 0.6) is 17.2 Å². The van der Waals surface area contributed by atoms with E-state index in [0.29, 0.717) is 42.6 Å². The number of esters is 1. The van der Waals surface area contributed by atoms with E-state index in [9.17, 15) is 26.4 Å². The van der Waals surface area contributed by atoms with Crippen molar-refractivity contribution >= 4 is 16.1 Å². The number of carbonyl (C=O) groups excluding carboxylic acids is 1. The fraction of sp³-hybridized carbons (Fsp3) is 0.367. The van der Waals surface area contributed by atoms with Crippen molar-refractivity contribution in [3.05, 3.63) is 76.9 Å². The monoisotopic (exact) mass is 589 g/mol. The molecule has 1 aliphatic heterocycles. The first-order chi connectivity index (χ1) is 19.2. The van der Waals surface area contributed by atoms with Gasteiger partial charge in [-0.1, -0.05) is 36.4 Å². The molecule has 1 heterocycles. The summed E-state index contributed by atoms with van der Waals surface area (Å²) in [6.45, 7) is 6.34. The van der Waals surface area contributed by atoms with Gasteiger partial charge in [-0.25, -0.2) is 0 Å². The average Bonchev–Trinajstić information content (AvgIpc) is 2.89. The quantitative estimate of drug-likeness (QED) is 0.147. The van der Waals surface area contributed by atoms with Crippen molar-refractivity contribution in [1.82, 2.24) is 4.90 Å². The molecular weight excluding hydrogens is 559 g/mol. The van der Waals surface area contributed by atoms with Gasteiger partial charge in [0.2, 0.25) is 0 Å². The van der Waals surface area contributed by atoms with E-state index >= 15 is 0 Å². The fourth-order valence-electron chi connectivity index (χ4n) is 5.34. The lowest BCUT2D eigenvalue weighted by atomic mass is 9.76. The summed E-state index contributed by atoms with van der Waals surface area (Å²) in [5, 5.41) is 0. The summed E-state index contributed by atoms with van der Waals surface area (Å²) in [6, 6.07) is 15.9. The highest BCUT2D eigenvalue weighted by molar-refractivity contribution is 7.88. The molecule has 1 atom stereocenters. The molecule has 11 heteroatoms. The maximum atomic E-state index is 13.2. The van der Waals surface area contributed by atoms with Crippen molar-refractivity contribution in [2.75, 3.05) is 13.7 Å². The zero-order valence-corrected chi connectivity index (χ0v) is 23.9. The molecule has 0 amide bonds. The third-order valence-electron chi connectivity index (χ3n) is 7.32. The highest BCUT2D eigenvalue weighted by atomic mass is 32.2. The summed E-state index contributed by atoms with van der Waals surface area (Å²) in [4.78, 5) is 15.3. The Hall–Kier alpha value is -3.57. The van der Waals surface area contributed by atoms with Crippen LogP contribution >= 0.6 is 0 Å². The second-order valence-corrected chi connectivity index (χ2v) is 12.8. The van der Waals surface area contributed by atoms with E-state index in [4.69, 9.17) is 9.47 Å². The van der Waals surface area contributed by atoms with Crippen LogP contribution in [0.1, 0.15) is 49.1 Å². The Morgan fingerprint density at radius 2 is 1.73 bits per heavy atom. The maximum Gasteiger partial charge on any atom is 0.534 e. The molecule has 0 radical (unpaired) electrons. The second-order valence-electron chi connectivity index (χ2n) is 11.2. The molecular formula is C30H30F3NO6S. The number of nitrogens with zero attached hydrogens (tertiary/aromatic N) is 1. The molecule has 2 aliphatic rings. The molecule has 5 rings (SSSR count). The van der Waals surface area contributed by atoms with Gasteiger partial charge < -0.3 is 13.7 Å². The predicted octanol–water partition coefficient (Wildman–Crippen LogP) is 6.20. The largest absolute Gasteiger partial charge is 0.534 e. The van der Waals surface area contributed by atoms with Gasteiger partial charge in [0.25, 0.3) is 0 Å². The van der Waals surface area contributed by atoms with Crippen LogP contribution < -0.4 is 13.7 Å². The Morgan fingerprint density at radius 3 is 2.37 bits per heavy atom. The lowest BCUT2D eigenvalue weighted by Crippen LogP contribution is -2.38. The van der Waals surface area contributed by atoms with Gasteiger partial charge in [0, 0.05) is 24.7 Å². The normalized spacial score (nSPS) is 16.9. The van der Waals surface area contributed by atoms with Crippen LogP contribution in [0.2, 0.25) is 0 Å². The first-order valence-electron chi connectivity index (χ1n) is 13.1. The van der Waals surface area contributed by atoms with Gasteiger partial charge >= 0.3 is 21.6 Å². The van der Waals surface area contributed by atoms with Crippen molar-refractivity contribution in [2.24, 2.45) is 5.41 Å². The molecule has 41 heavy (non-hydrogen) atoms. The highest BCUT2D eigenvalue weighted by Gasteiger charge is 2.49. The summed E-state index contributed by atoms with van der Waals surface area (Å²) in [7, 11) is -4.48. The van der Waals surface area contributed by atoms with Crippen molar-refractivity contribution < 1.29 is 40.0 Å². The Kier molecular flexibility index (Phi) is 7.31. The van der Waals surface area contributed by atoms with Crippen molar-refractivity contribution in [3.8, 4) is 28.4 Å². The average molecular weight is 590 g/mol. The molecule has 3 aromatic carbocycles. The number of fused-ring (bicyclic) bond motifs is 2. The van der Waals surface area contributed by atoms with Crippen LogP contribution in [0.15, 0.2) is 54.6 Å². The molecule has 0 aromatic heterocycles. The van der Waals surface area contributed by atoms with Gasteiger partial charge in [0.1, 0.15) is 5.75 Å². The first-order valence-corrected chi connectivity index (χ1v) is 14.5. The number of methoxy groups -OCH3 is 1. The summed E-state index contributed by atoms with van der Waals surface area (Å²) < 4.78 is 79.6. The SMILES string of the molecule is COc1ccc2c(c1OC(=O)C(C)(C)C)-c1cc(OS(=O)(=O)C(F)(F)F)cc3c1[C@@H](C2)N(Cc1ccccc1)CC3. The van der Waals surface area contributed by atoms with Crippen LogP contribution in [0.3, 0.4) is 0 Å². The number of ether oxygens (including phenoxy) is 2. The number of halogens is 3. The van der Waals surface area contributed by atoms with Crippen LogP contribution in [-0.4, -0.2) is 38.4 Å². The number of hydrogen-bond donors (Lipinski definition) is 0. The standard InChI is InChI=1S/C30H30F3NO6S/c1-29(2,3)28(35)39-27-24(38-4)11-10-19-15-23-25-20(12-13-34(23)17-18-8-6-5-7-9-18)14-21(16-22(25)26(19)27)40-41(36,37)30(31,32)33/h5-11,14,16,23H,12-13,15,17H2,1-4H3/t23-/m1/s1. The van der Waals surface area contributed by atoms with E-state index in [1.807, 2.05) is 36.4 Å². The molecule has 1 aliphatic carbocycles. The third-order valence-corrected chi connectivity index (χ3v) is 8.30. The van der Waals surface area contributed by atoms with E-state index in [0.717, 1.165) is 16.7 Å². The topological polar surface area (TPSA) is 82.1 Å². The molecule has 0 N–H and O–H groups in total. The van der Waals surface area contributed by atoms with Crippen LogP contribution in [0.4, 0.5) is 13.2 Å². The van der Waals surface area contributed by atoms with Crippen molar-refractivity contribution in [1.29, 1.82) is 0 Å². The van der Waals surface area contributed by atoms with E-state index in [1.54, 1.807) is 26.8 Å².